The second-order valence-electron chi connectivity index (χ2n) is 5.58. The van der Waals surface area contributed by atoms with Gasteiger partial charge in [-0.2, -0.15) is 0 Å². The van der Waals surface area contributed by atoms with Gasteiger partial charge in [-0.3, -0.25) is 4.98 Å². The molecule has 3 aromatic rings. The van der Waals surface area contributed by atoms with Crippen molar-refractivity contribution in [1.82, 2.24) is 15.3 Å². The smallest absolute Gasteiger partial charge is 0.319 e. The van der Waals surface area contributed by atoms with Crippen molar-refractivity contribution in [2.75, 3.05) is 19.0 Å². The minimum Gasteiger partial charge on any atom is -0.435 e. The molecule has 7 nitrogen and oxygen atoms in total. The molecular formula is C18H20N4O3. The number of nitrogens with zero attached hydrogens (tertiary/aromatic N) is 2. The molecule has 0 aliphatic carbocycles. The zero-order valence-corrected chi connectivity index (χ0v) is 14.2. The van der Waals surface area contributed by atoms with Crippen molar-refractivity contribution in [3.05, 3.63) is 42.6 Å². The lowest BCUT2D eigenvalue weighted by atomic mass is 10.2. The molecule has 2 heterocycles. The van der Waals surface area contributed by atoms with Crippen LogP contribution in [0.25, 0.3) is 22.7 Å². The number of nitrogens with one attached hydrogen (secondary N) is 2. The Bertz CT molecular complexity index is 848. The molecular weight excluding hydrogens is 320 g/mol. The van der Waals surface area contributed by atoms with Gasteiger partial charge in [-0.15, -0.1) is 0 Å². The molecule has 130 valence electrons. The van der Waals surface area contributed by atoms with Crippen LogP contribution in [0.1, 0.15) is 13.3 Å². The van der Waals surface area contributed by atoms with E-state index in [4.69, 9.17) is 9.15 Å². The Balaban J connectivity index is 1.74. The average molecular weight is 340 g/mol. The number of oxazole rings is 1. The molecule has 0 spiro atoms. The lowest BCUT2D eigenvalue weighted by Crippen LogP contribution is -2.40. The third kappa shape index (κ3) is 4.13. The molecule has 0 saturated carbocycles. The zero-order valence-electron chi connectivity index (χ0n) is 14.2. The maximum absolute atomic E-state index is 12.1. The number of rotatable bonds is 6. The molecule has 0 radical (unpaired) electrons. The molecule has 2 aromatic heterocycles. The molecule has 2 N–H and O–H groups in total. The molecule has 7 heteroatoms. The fraction of sp³-hybridized carbons (Fsp3) is 0.278. The summed E-state index contributed by atoms with van der Waals surface area (Å²) in [6.07, 6.45) is 2.47. The zero-order chi connectivity index (χ0) is 17.6. The lowest BCUT2D eigenvalue weighted by Gasteiger charge is -2.16. The number of carbonyl (C=O) groups is 1. The van der Waals surface area contributed by atoms with E-state index < -0.39 is 0 Å². The number of methoxy groups -OCH3 is 1. The van der Waals surface area contributed by atoms with Crippen LogP contribution < -0.4 is 10.6 Å². The van der Waals surface area contributed by atoms with Gasteiger partial charge >= 0.3 is 6.03 Å². The number of amides is 2. The highest BCUT2D eigenvalue weighted by Gasteiger charge is 2.12. The number of pyridine rings is 1. The lowest BCUT2D eigenvalue weighted by molar-refractivity contribution is 0.165. The number of hydrogen-bond acceptors (Lipinski definition) is 5. The van der Waals surface area contributed by atoms with E-state index in [2.05, 4.69) is 20.6 Å². The largest absolute Gasteiger partial charge is 0.435 e. The first-order valence-electron chi connectivity index (χ1n) is 8.08. The molecule has 25 heavy (non-hydrogen) atoms. The third-order valence-corrected chi connectivity index (χ3v) is 3.73. The summed E-state index contributed by atoms with van der Waals surface area (Å²) in [6.45, 7) is 2.46. The van der Waals surface area contributed by atoms with Gasteiger partial charge in [-0.1, -0.05) is 13.0 Å². The highest BCUT2D eigenvalue weighted by molar-refractivity contribution is 5.92. The molecule has 1 atom stereocenters. The quantitative estimate of drug-likeness (QED) is 0.717. The van der Waals surface area contributed by atoms with Crippen molar-refractivity contribution in [3.63, 3.8) is 0 Å². The molecule has 2 amide bonds. The van der Waals surface area contributed by atoms with Gasteiger partial charge in [0.2, 0.25) is 5.89 Å². The van der Waals surface area contributed by atoms with E-state index in [1.807, 2.05) is 25.1 Å². The van der Waals surface area contributed by atoms with Gasteiger partial charge in [0.15, 0.2) is 5.58 Å². The summed E-state index contributed by atoms with van der Waals surface area (Å²) >= 11 is 0. The Morgan fingerprint density at radius 2 is 2.20 bits per heavy atom. The van der Waals surface area contributed by atoms with Gasteiger partial charge in [-0.05, 0) is 30.7 Å². The van der Waals surface area contributed by atoms with Crippen molar-refractivity contribution in [2.45, 2.75) is 19.4 Å². The van der Waals surface area contributed by atoms with Crippen LogP contribution in [-0.4, -0.2) is 35.8 Å². The third-order valence-electron chi connectivity index (χ3n) is 3.73. The molecule has 0 fully saturated rings. The number of urea groups is 1. The predicted octanol–water partition coefficient (Wildman–Crippen LogP) is 3.44. The highest BCUT2D eigenvalue weighted by Crippen LogP contribution is 2.25. The van der Waals surface area contributed by atoms with Gasteiger partial charge in [0.25, 0.3) is 0 Å². The van der Waals surface area contributed by atoms with Crippen LogP contribution in [0.2, 0.25) is 0 Å². The number of ether oxygens (including phenoxy) is 1. The van der Waals surface area contributed by atoms with Crippen LogP contribution in [0.15, 0.2) is 47.0 Å². The summed E-state index contributed by atoms with van der Waals surface area (Å²) in [5.41, 5.74) is 2.58. The fourth-order valence-electron chi connectivity index (χ4n) is 2.42. The first-order valence-corrected chi connectivity index (χ1v) is 8.08. The summed E-state index contributed by atoms with van der Waals surface area (Å²) in [5, 5.41) is 5.66. The van der Waals surface area contributed by atoms with E-state index in [1.54, 1.807) is 31.5 Å². The van der Waals surface area contributed by atoms with Crippen LogP contribution in [0, 0.1) is 0 Å². The molecule has 0 saturated heterocycles. The Hall–Kier alpha value is -2.93. The van der Waals surface area contributed by atoms with Gasteiger partial charge in [0.1, 0.15) is 11.2 Å². The van der Waals surface area contributed by atoms with Crippen molar-refractivity contribution in [2.24, 2.45) is 0 Å². The van der Waals surface area contributed by atoms with Crippen molar-refractivity contribution in [3.8, 4) is 11.6 Å². The molecule has 1 unspecified atom stereocenters. The van der Waals surface area contributed by atoms with Crippen LogP contribution >= 0.6 is 0 Å². The van der Waals surface area contributed by atoms with Gasteiger partial charge in [0.05, 0.1) is 12.6 Å². The van der Waals surface area contributed by atoms with Crippen molar-refractivity contribution in [1.29, 1.82) is 0 Å². The van der Waals surface area contributed by atoms with Crippen LogP contribution in [0.5, 0.6) is 0 Å². The summed E-state index contributed by atoms with van der Waals surface area (Å²) in [5.74, 6) is 0.448. The molecule has 0 bridgehead atoms. The summed E-state index contributed by atoms with van der Waals surface area (Å²) in [4.78, 5) is 20.7. The minimum absolute atomic E-state index is 0.0326. The van der Waals surface area contributed by atoms with E-state index in [9.17, 15) is 4.79 Å². The SMILES string of the molecule is CCC(COC)NC(=O)Nc1ccc2nc(-c3ccccn3)oc2c1. The maximum atomic E-state index is 12.1. The monoisotopic (exact) mass is 340 g/mol. The van der Waals surface area contributed by atoms with E-state index in [0.29, 0.717) is 35.0 Å². The molecule has 0 aliphatic heterocycles. The highest BCUT2D eigenvalue weighted by atomic mass is 16.5. The average Bonchev–Trinajstić information content (AvgIpc) is 3.05. The van der Waals surface area contributed by atoms with Crippen LogP contribution in [0.4, 0.5) is 10.5 Å². The van der Waals surface area contributed by atoms with Gasteiger partial charge in [0, 0.05) is 25.1 Å². The number of carbonyl (C=O) groups excluding carboxylic acids is 1. The van der Waals surface area contributed by atoms with E-state index in [-0.39, 0.29) is 12.1 Å². The molecule has 3 rings (SSSR count). The van der Waals surface area contributed by atoms with E-state index in [0.717, 1.165) is 6.42 Å². The first-order chi connectivity index (χ1) is 12.2. The van der Waals surface area contributed by atoms with Crippen molar-refractivity contribution < 1.29 is 13.9 Å². The maximum Gasteiger partial charge on any atom is 0.319 e. The number of benzene rings is 1. The molecule has 1 aromatic carbocycles. The fourth-order valence-corrected chi connectivity index (χ4v) is 2.42. The molecule has 0 aliphatic rings. The van der Waals surface area contributed by atoms with Crippen molar-refractivity contribution >= 4 is 22.8 Å². The standard InChI is InChI=1S/C18H20N4O3/c1-3-12(11-24-2)20-18(23)21-13-7-8-14-16(10-13)25-17(22-14)15-6-4-5-9-19-15/h4-10,12H,3,11H2,1-2H3,(H2,20,21,23). The number of fused-ring (bicyclic) bond motifs is 1. The first kappa shape index (κ1) is 16.9. The Morgan fingerprint density at radius 3 is 2.92 bits per heavy atom. The number of aromatic nitrogens is 2. The number of anilines is 1. The van der Waals surface area contributed by atoms with Gasteiger partial charge in [-0.25, -0.2) is 9.78 Å². The van der Waals surface area contributed by atoms with Crippen LogP contribution in [0.3, 0.4) is 0 Å². The second-order valence-corrected chi connectivity index (χ2v) is 5.58. The van der Waals surface area contributed by atoms with E-state index in [1.165, 1.54) is 0 Å². The Morgan fingerprint density at radius 1 is 1.32 bits per heavy atom. The van der Waals surface area contributed by atoms with E-state index >= 15 is 0 Å². The normalized spacial score (nSPS) is 12.1. The summed E-state index contributed by atoms with van der Waals surface area (Å²) in [7, 11) is 1.61. The summed E-state index contributed by atoms with van der Waals surface area (Å²) < 4.78 is 10.8. The Labute approximate surface area is 145 Å². The number of hydrogen-bond donors (Lipinski definition) is 2. The van der Waals surface area contributed by atoms with Crippen LogP contribution in [-0.2, 0) is 4.74 Å². The minimum atomic E-state index is -0.285. The predicted molar refractivity (Wildman–Crippen MR) is 95.3 cm³/mol. The summed E-state index contributed by atoms with van der Waals surface area (Å²) in [6, 6.07) is 10.5. The van der Waals surface area contributed by atoms with Gasteiger partial charge < -0.3 is 19.8 Å². The Kier molecular flexibility index (Phi) is 5.25. The second kappa shape index (κ2) is 7.76. The topological polar surface area (TPSA) is 89.3 Å².